The molecule has 0 aliphatic rings. The third-order valence-electron chi connectivity index (χ3n) is 4.27. The summed E-state index contributed by atoms with van der Waals surface area (Å²) in [5.74, 6) is -0.472. The Bertz CT molecular complexity index is 879. The maximum atomic E-state index is 13.0. The molecule has 0 aliphatic heterocycles. The first kappa shape index (κ1) is 18.4. The van der Waals surface area contributed by atoms with Crippen molar-refractivity contribution in [3.05, 3.63) is 68.4 Å². The lowest BCUT2D eigenvalue weighted by Gasteiger charge is -2.15. The minimum absolute atomic E-state index is 0.0840. The summed E-state index contributed by atoms with van der Waals surface area (Å²) in [5, 5.41) is 11.9. The molecule has 0 fully saturated rings. The number of hydrogen-bond acceptors (Lipinski definition) is 3. The first-order valence-corrected chi connectivity index (χ1v) is 8.00. The number of aryl methyl sites for hydroxylation is 1. The van der Waals surface area contributed by atoms with Crippen molar-refractivity contribution in [1.29, 1.82) is 5.26 Å². The smallest absolute Gasteiger partial charge is 0.266 e. The van der Waals surface area contributed by atoms with E-state index >= 15 is 0 Å². The molecular formula is C19H20FN3O2. The minimum Gasteiger partial charge on any atom is -0.350 e. The Morgan fingerprint density at radius 1 is 1.32 bits per heavy atom. The molecule has 0 saturated heterocycles. The molecule has 2 aromatic rings. The van der Waals surface area contributed by atoms with E-state index in [4.69, 9.17) is 5.26 Å². The molecule has 2 rings (SSSR count). The Morgan fingerprint density at radius 2 is 1.96 bits per heavy atom. The van der Waals surface area contributed by atoms with E-state index in [9.17, 15) is 14.0 Å². The van der Waals surface area contributed by atoms with Gasteiger partial charge in [0.15, 0.2) is 0 Å². The lowest BCUT2D eigenvalue weighted by molar-refractivity contribution is -0.121. The SMILES string of the molecule is Cc1[nH]c(=O)c(C#N)c(C)c1CCC(=O)NC(C)c1ccc(F)cc1. The van der Waals surface area contributed by atoms with Crippen LogP contribution in [0.4, 0.5) is 4.39 Å². The highest BCUT2D eigenvalue weighted by atomic mass is 19.1. The first-order valence-electron chi connectivity index (χ1n) is 8.00. The number of aromatic nitrogens is 1. The quantitative estimate of drug-likeness (QED) is 0.877. The van der Waals surface area contributed by atoms with Crippen molar-refractivity contribution in [3.8, 4) is 6.07 Å². The van der Waals surface area contributed by atoms with Crippen molar-refractivity contribution in [3.63, 3.8) is 0 Å². The maximum Gasteiger partial charge on any atom is 0.266 e. The molecule has 0 aliphatic carbocycles. The van der Waals surface area contributed by atoms with E-state index in [1.165, 1.54) is 12.1 Å². The van der Waals surface area contributed by atoms with Gasteiger partial charge < -0.3 is 10.3 Å². The lowest BCUT2D eigenvalue weighted by Crippen LogP contribution is -2.27. The van der Waals surface area contributed by atoms with Crippen molar-refractivity contribution < 1.29 is 9.18 Å². The molecule has 5 nitrogen and oxygen atoms in total. The fourth-order valence-electron chi connectivity index (χ4n) is 2.81. The molecule has 0 bridgehead atoms. The Hall–Kier alpha value is -2.94. The standard InChI is InChI=1S/C19H20FN3O2/c1-11-16(13(3)23-19(25)17(11)10-21)8-9-18(24)22-12(2)14-4-6-15(20)7-5-14/h4-7,12H,8-9H2,1-3H3,(H,22,24)(H,23,25). The Labute approximate surface area is 145 Å². The molecule has 130 valence electrons. The summed E-state index contributed by atoms with van der Waals surface area (Å²) in [6, 6.07) is 7.65. The number of halogens is 1. The number of aromatic amines is 1. The summed E-state index contributed by atoms with van der Waals surface area (Å²) in [5.41, 5.74) is 2.58. The highest BCUT2D eigenvalue weighted by Gasteiger charge is 2.14. The number of carbonyl (C=O) groups excluding carboxylic acids is 1. The average molecular weight is 341 g/mol. The van der Waals surface area contributed by atoms with E-state index in [-0.39, 0.29) is 29.8 Å². The van der Waals surface area contributed by atoms with Gasteiger partial charge in [0.05, 0.1) is 6.04 Å². The van der Waals surface area contributed by atoms with Crippen LogP contribution in [0.2, 0.25) is 0 Å². The normalized spacial score (nSPS) is 11.6. The van der Waals surface area contributed by atoms with Crippen molar-refractivity contribution in [2.75, 3.05) is 0 Å². The van der Waals surface area contributed by atoms with E-state index in [1.807, 2.05) is 13.0 Å². The number of benzene rings is 1. The van der Waals surface area contributed by atoms with Gasteiger partial charge in [-0.25, -0.2) is 4.39 Å². The molecule has 25 heavy (non-hydrogen) atoms. The van der Waals surface area contributed by atoms with Gasteiger partial charge in [0.2, 0.25) is 5.91 Å². The summed E-state index contributed by atoms with van der Waals surface area (Å²) in [6.45, 7) is 5.30. The van der Waals surface area contributed by atoms with Crippen LogP contribution in [0.1, 0.15) is 47.3 Å². The number of hydrogen-bond donors (Lipinski definition) is 2. The van der Waals surface area contributed by atoms with Gasteiger partial charge >= 0.3 is 0 Å². The van der Waals surface area contributed by atoms with Crippen LogP contribution >= 0.6 is 0 Å². The molecule has 1 aromatic carbocycles. The fourth-order valence-corrected chi connectivity index (χ4v) is 2.81. The average Bonchev–Trinajstić information content (AvgIpc) is 2.55. The zero-order valence-corrected chi connectivity index (χ0v) is 14.4. The number of nitrogens with one attached hydrogen (secondary N) is 2. The number of nitriles is 1. The van der Waals surface area contributed by atoms with Crippen LogP contribution < -0.4 is 10.9 Å². The minimum atomic E-state index is -0.407. The summed E-state index contributed by atoms with van der Waals surface area (Å²) >= 11 is 0. The van der Waals surface area contributed by atoms with Gasteiger partial charge in [-0.1, -0.05) is 12.1 Å². The van der Waals surface area contributed by atoms with Crippen LogP contribution in [0, 0.1) is 31.0 Å². The van der Waals surface area contributed by atoms with Crippen molar-refractivity contribution >= 4 is 5.91 Å². The monoisotopic (exact) mass is 341 g/mol. The van der Waals surface area contributed by atoms with E-state index < -0.39 is 5.56 Å². The summed E-state index contributed by atoms with van der Waals surface area (Å²) in [6.07, 6.45) is 0.648. The number of H-pyrrole nitrogens is 1. The molecule has 1 aromatic heterocycles. The molecular weight excluding hydrogens is 321 g/mol. The predicted octanol–water partition coefficient (Wildman–Crippen LogP) is 2.81. The van der Waals surface area contributed by atoms with Crippen LogP contribution in [0.5, 0.6) is 0 Å². The molecule has 1 amide bonds. The second-order valence-electron chi connectivity index (χ2n) is 6.01. The molecule has 1 unspecified atom stereocenters. The Morgan fingerprint density at radius 3 is 2.56 bits per heavy atom. The zero-order valence-electron chi connectivity index (χ0n) is 14.4. The zero-order chi connectivity index (χ0) is 18.6. The topological polar surface area (TPSA) is 85.8 Å². The molecule has 6 heteroatoms. The van der Waals surface area contributed by atoms with Gasteiger partial charge in [-0.3, -0.25) is 9.59 Å². The lowest BCUT2D eigenvalue weighted by atomic mass is 9.99. The van der Waals surface area contributed by atoms with E-state index in [0.29, 0.717) is 17.7 Å². The number of rotatable bonds is 5. The highest BCUT2D eigenvalue weighted by Crippen LogP contribution is 2.16. The first-order chi connectivity index (χ1) is 11.8. The maximum absolute atomic E-state index is 13.0. The van der Waals surface area contributed by atoms with Gasteiger partial charge in [-0.05, 0) is 56.0 Å². The summed E-state index contributed by atoms with van der Waals surface area (Å²) < 4.78 is 13.0. The third kappa shape index (κ3) is 4.32. The molecule has 1 heterocycles. The predicted molar refractivity (Wildman–Crippen MR) is 92.5 cm³/mol. The number of pyridine rings is 1. The molecule has 2 N–H and O–H groups in total. The Kier molecular flexibility index (Phi) is 5.71. The second-order valence-corrected chi connectivity index (χ2v) is 6.01. The molecule has 0 spiro atoms. The number of amides is 1. The van der Waals surface area contributed by atoms with Gasteiger partial charge in [0.25, 0.3) is 5.56 Å². The van der Waals surface area contributed by atoms with Crippen molar-refractivity contribution in [1.82, 2.24) is 10.3 Å². The van der Waals surface area contributed by atoms with Crippen LogP contribution in [0.15, 0.2) is 29.1 Å². The highest BCUT2D eigenvalue weighted by molar-refractivity contribution is 5.76. The van der Waals surface area contributed by atoms with Crippen LogP contribution in [0.25, 0.3) is 0 Å². The van der Waals surface area contributed by atoms with Crippen molar-refractivity contribution in [2.24, 2.45) is 0 Å². The van der Waals surface area contributed by atoms with Crippen LogP contribution in [-0.2, 0) is 11.2 Å². The molecule has 1 atom stereocenters. The third-order valence-corrected chi connectivity index (χ3v) is 4.27. The van der Waals surface area contributed by atoms with Gasteiger partial charge in [0, 0.05) is 12.1 Å². The fraction of sp³-hybridized carbons (Fsp3) is 0.316. The largest absolute Gasteiger partial charge is 0.350 e. The number of nitrogens with zero attached hydrogens (tertiary/aromatic N) is 1. The molecule has 0 saturated carbocycles. The van der Waals surface area contributed by atoms with E-state index in [1.54, 1.807) is 26.0 Å². The van der Waals surface area contributed by atoms with Crippen molar-refractivity contribution in [2.45, 2.75) is 39.7 Å². The van der Waals surface area contributed by atoms with Crippen LogP contribution in [-0.4, -0.2) is 10.9 Å². The van der Waals surface area contributed by atoms with Gasteiger partial charge in [0.1, 0.15) is 17.4 Å². The summed E-state index contributed by atoms with van der Waals surface area (Å²) in [4.78, 5) is 26.6. The van der Waals surface area contributed by atoms with Crippen LogP contribution in [0.3, 0.4) is 0 Å². The summed E-state index contributed by atoms with van der Waals surface area (Å²) in [7, 11) is 0. The van der Waals surface area contributed by atoms with Gasteiger partial charge in [-0.2, -0.15) is 5.26 Å². The van der Waals surface area contributed by atoms with Gasteiger partial charge in [-0.15, -0.1) is 0 Å². The molecule has 0 radical (unpaired) electrons. The number of carbonyl (C=O) groups is 1. The van der Waals surface area contributed by atoms with E-state index in [2.05, 4.69) is 10.3 Å². The second kappa shape index (κ2) is 7.75. The Balaban J connectivity index is 2.04. The van der Waals surface area contributed by atoms with E-state index in [0.717, 1.165) is 11.1 Å².